The van der Waals surface area contributed by atoms with Crippen LogP contribution >= 0.6 is 15.8 Å². The molecule has 0 radical (unpaired) electrons. The molecule has 0 saturated carbocycles. The molecule has 5 rings (SSSR count). The van der Waals surface area contributed by atoms with Crippen LogP contribution in [-0.4, -0.2) is 35.1 Å². The van der Waals surface area contributed by atoms with Crippen LogP contribution in [0.25, 0.3) is 0 Å². The fourth-order valence-corrected chi connectivity index (χ4v) is 8.81. The van der Waals surface area contributed by atoms with E-state index < -0.39 is 15.8 Å². The van der Waals surface area contributed by atoms with E-state index in [4.69, 9.17) is 9.97 Å². The average Bonchev–Trinajstić information content (AvgIpc) is 2.86. The second-order valence-electron chi connectivity index (χ2n) is 7.77. The largest absolute Gasteiger partial charge is 0.362 e. The van der Waals surface area contributed by atoms with Gasteiger partial charge in [0.1, 0.15) is 0 Å². The number of hydrogen-bond donors (Lipinski definition) is 0. The van der Waals surface area contributed by atoms with Gasteiger partial charge in [0.05, 0.1) is 10.9 Å². The van der Waals surface area contributed by atoms with Crippen LogP contribution in [0.4, 0.5) is 11.4 Å². The molecule has 1 aliphatic rings. The Morgan fingerprint density at radius 2 is 0.844 bits per heavy atom. The molecule has 1 fully saturated rings. The summed E-state index contributed by atoms with van der Waals surface area (Å²) in [4.78, 5) is 14.7. The van der Waals surface area contributed by atoms with Gasteiger partial charge in [-0.05, 0) is 64.4 Å². The highest BCUT2D eigenvalue weighted by Gasteiger charge is 2.29. The fourth-order valence-electron chi connectivity index (χ4n) is 3.98. The molecular formula is C26H26N4P2. The van der Waals surface area contributed by atoms with Gasteiger partial charge in [-0.2, -0.15) is 0 Å². The number of aromatic nitrogens is 2. The molecule has 0 atom stereocenters. The Kier molecular flexibility index (Phi) is 6.72. The van der Waals surface area contributed by atoms with E-state index in [9.17, 15) is 0 Å². The zero-order valence-electron chi connectivity index (χ0n) is 17.9. The van der Waals surface area contributed by atoms with Crippen molar-refractivity contribution < 1.29 is 0 Å². The van der Waals surface area contributed by atoms with Gasteiger partial charge in [-0.3, -0.25) is 9.97 Å². The summed E-state index contributed by atoms with van der Waals surface area (Å²) < 4.78 is 0. The highest BCUT2D eigenvalue weighted by molar-refractivity contribution is 7.67. The van der Waals surface area contributed by atoms with Gasteiger partial charge in [0.25, 0.3) is 0 Å². The molecule has 0 spiro atoms. The Morgan fingerprint density at radius 3 is 1.19 bits per heavy atom. The first-order chi connectivity index (χ1) is 15.9. The maximum Gasteiger partial charge on any atom is 0.0666 e. The minimum absolute atomic E-state index is 0.494. The van der Waals surface area contributed by atoms with Crippen LogP contribution in [0.2, 0.25) is 0 Å². The molecule has 1 aliphatic heterocycles. The molecule has 0 unspecified atom stereocenters. The summed E-state index contributed by atoms with van der Waals surface area (Å²) in [5, 5.41) is 0. The highest BCUT2D eigenvalue weighted by Crippen LogP contribution is 2.47. The third-order valence-corrected chi connectivity index (χ3v) is 10.1. The molecular weight excluding hydrogens is 430 g/mol. The van der Waals surface area contributed by atoms with Crippen LogP contribution < -0.4 is 20.7 Å². The lowest BCUT2D eigenvalue weighted by Gasteiger charge is -2.40. The van der Waals surface area contributed by atoms with Crippen molar-refractivity contribution >= 4 is 38.1 Å². The van der Waals surface area contributed by atoms with E-state index in [1.165, 1.54) is 22.2 Å². The Balaban J connectivity index is 1.55. The predicted molar refractivity (Wildman–Crippen MR) is 139 cm³/mol. The minimum atomic E-state index is -0.494. The third-order valence-electron chi connectivity index (χ3n) is 5.55. The highest BCUT2D eigenvalue weighted by atomic mass is 31.1. The number of anilines is 2. The van der Waals surface area contributed by atoms with Crippen LogP contribution in [0.15, 0.2) is 109 Å². The maximum absolute atomic E-state index is 4.78. The van der Waals surface area contributed by atoms with Gasteiger partial charge >= 0.3 is 0 Å². The van der Waals surface area contributed by atoms with Crippen molar-refractivity contribution in [2.45, 2.75) is 0 Å². The lowest BCUT2D eigenvalue weighted by atomic mass is 10.3. The molecule has 0 bridgehead atoms. The van der Waals surface area contributed by atoms with Gasteiger partial charge < -0.3 is 9.80 Å². The van der Waals surface area contributed by atoms with Crippen molar-refractivity contribution in [3.63, 3.8) is 0 Å². The topological polar surface area (TPSA) is 32.3 Å². The van der Waals surface area contributed by atoms with Crippen LogP contribution in [0, 0.1) is 0 Å². The second kappa shape index (κ2) is 10.2. The average molecular weight is 456 g/mol. The number of para-hydroxylation sites is 2. The van der Waals surface area contributed by atoms with E-state index in [1.54, 1.807) is 0 Å². The number of benzene rings is 2. The van der Waals surface area contributed by atoms with Crippen LogP contribution in [0.3, 0.4) is 0 Å². The number of rotatable bonds is 4. The van der Waals surface area contributed by atoms with Crippen molar-refractivity contribution in [1.82, 2.24) is 9.97 Å². The summed E-state index contributed by atoms with van der Waals surface area (Å²) in [6.07, 6.45) is 7.82. The van der Waals surface area contributed by atoms with Crippen molar-refractivity contribution in [2.24, 2.45) is 0 Å². The smallest absolute Gasteiger partial charge is 0.0666 e. The van der Waals surface area contributed by atoms with E-state index in [0.717, 1.165) is 25.1 Å². The summed E-state index contributed by atoms with van der Waals surface area (Å²) in [5.74, 6) is 0. The molecule has 4 aromatic rings. The summed E-state index contributed by atoms with van der Waals surface area (Å²) in [6, 6.07) is 34.3. The number of nitrogens with zero attached hydrogens (tertiary/aromatic N) is 4. The molecule has 32 heavy (non-hydrogen) atoms. The van der Waals surface area contributed by atoms with Crippen molar-refractivity contribution in [1.29, 1.82) is 0 Å². The van der Waals surface area contributed by atoms with Crippen molar-refractivity contribution in [2.75, 3.05) is 34.9 Å². The summed E-state index contributed by atoms with van der Waals surface area (Å²) in [5.41, 5.74) is 5.00. The van der Waals surface area contributed by atoms with Gasteiger partial charge in [-0.1, -0.05) is 48.5 Å². The number of pyridine rings is 2. The monoisotopic (exact) mass is 456 g/mol. The van der Waals surface area contributed by atoms with Gasteiger partial charge in [-0.25, -0.2) is 0 Å². The molecule has 2 aromatic heterocycles. The Morgan fingerprint density at radius 1 is 0.469 bits per heavy atom. The maximum atomic E-state index is 4.78. The first kappa shape index (κ1) is 21.1. The molecule has 3 heterocycles. The minimum Gasteiger partial charge on any atom is -0.362 e. The van der Waals surface area contributed by atoms with E-state index >= 15 is 0 Å². The molecule has 0 aliphatic carbocycles. The Labute approximate surface area is 192 Å². The third kappa shape index (κ3) is 4.99. The summed E-state index contributed by atoms with van der Waals surface area (Å²) >= 11 is 0. The molecule has 0 N–H and O–H groups in total. The molecule has 160 valence electrons. The Hall–Kier alpha value is -2.80. The van der Waals surface area contributed by atoms with E-state index in [0.29, 0.717) is 0 Å². The van der Waals surface area contributed by atoms with Crippen molar-refractivity contribution in [3.05, 3.63) is 109 Å². The summed E-state index contributed by atoms with van der Waals surface area (Å²) in [6.45, 7) is 0. The first-order valence-corrected chi connectivity index (χ1v) is 14.2. The number of hydrogen-bond acceptors (Lipinski definition) is 4. The molecule has 6 heteroatoms. The lowest BCUT2D eigenvalue weighted by molar-refractivity contribution is 0.982. The standard InChI is InChI=1S/C26H26N4P2/c1-3-11-23(12-4-1)29-19-31(25-15-7-9-17-27-25)21-30(24-13-5-2-6-14-24)22-32(20-29)26-16-8-10-18-28-26/h1-18H,19-22H2. The second-order valence-corrected chi connectivity index (χ2v) is 12.0. The zero-order chi connectivity index (χ0) is 21.6. The molecule has 0 amide bonds. The van der Waals surface area contributed by atoms with E-state index in [1.807, 2.05) is 24.5 Å². The van der Waals surface area contributed by atoms with Crippen LogP contribution in [-0.2, 0) is 0 Å². The van der Waals surface area contributed by atoms with Crippen LogP contribution in [0.1, 0.15) is 0 Å². The fraction of sp³-hybridized carbons (Fsp3) is 0.154. The SMILES string of the molecule is c1ccc(N2CP(c3ccccn3)CN(c3ccccc3)CP(c3ccccn3)C2)cc1. The molecule has 1 saturated heterocycles. The lowest BCUT2D eigenvalue weighted by Crippen LogP contribution is -2.38. The molecule has 2 aromatic carbocycles. The quantitative estimate of drug-likeness (QED) is 0.393. The normalized spacial score (nSPS) is 19.2. The zero-order valence-corrected chi connectivity index (χ0v) is 19.7. The first-order valence-electron chi connectivity index (χ1n) is 10.8. The van der Waals surface area contributed by atoms with Gasteiger partial charge in [0, 0.05) is 48.9 Å². The van der Waals surface area contributed by atoms with Gasteiger partial charge in [0.15, 0.2) is 0 Å². The van der Waals surface area contributed by atoms with Gasteiger partial charge in [-0.15, -0.1) is 0 Å². The van der Waals surface area contributed by atoms with Gasteiger partial charge in [0.2, 0.25) is 0 Å². The summed E-state index contributed by atoms with van der Waals surface area (Å²) in [7, 11) is -0.987. The molecule has 4 nitrogen and oxygen atoms in total. The van der Waals surface area contributed by atoms with Crippen molar-refractivity contribution in [3.8, 4) is 0 Å². The van der Waals surface area contributed by atoms with Crippen LogP contribution in [0.5, 0.6) is 0 Å². The predicted octanol–water partition coefficient (Wildman–Crippen LogP) is 5.25. The Bertz CT molecular complexity index is 908. The van der Waals surface area contributed by atoms with E-state index in [2.05, 4.69) is 94.7 Å². The van der Waals surface area contributed by atoms with E-state index in [-0.39, 0.29) is 0 Å².